The second-order valence-corrected chi connectivity index (χ2v) is 5.33. The number of hydrogen-bond acceptors (Lipinski definition) is 3. The van der Waals surface area contributed by atoms with Gasteiger partial charge < -0.3 is 15.0 Å². The second-order valence-electron chi connectivity index (χ2n) is 5.33. The number of carbonyl (C=O) groups excluding carboxylic acids is 1. The monoisotopic (exact) mass is 308 g/mol. The third kappa shape index (κ3) is 4.87. The smallest absolute Gasteiger partial charge is 0.259 e. The first kappa shape index (κ1) is 16.6. The molecule has 1 amide bonds. The van der Waals surface area contributed by atoms with E-state index in [1.807, 2.05) is 43.3 Å². The van der Waals surface area contributed by atoms with Crippen LogP contribution in [0, 0.1) is 12.3 Å². The minimum absolute atomic E-state index is 0.223. The summed E-state index contributed by atoms with van der Waals surface area (Å²) in [6, 6.07) is 14.4. The molecule has 0 aliphatic carbocycles. The largest absolute Gasteiger partial charge is 0.491 e. The topological polar surface area (TPSA) is 41.6 Å². The first-order chi connectivity index (χ1) is 11.1. The molecule has 0 aliphatic rings. The summed E-state index contributed by atoms with van der Waals surface area (Å²) in [5.74, 6) is 2.90. The fraction of sp³-hybridized carbons (Fsp3) is 0.211. The van der Waals surface area contributed by atoms with E-state index in [0.717, 1.165) is 12.1 Å². The molecule has 4 nitrogen and oxygen atoms in total. The van der Waals surface area contributed by atoms with Crippen molar-refractivity contribution in [2.24, 2.45) is 0 Å². The number of nitrogens with one attached hydrogen (secondary N) is 1. The Bertz CT molecular complexity index is 717. The number of hydrogen-bond donors (Lipinski definition) is 1. The van der Waals surface area contributed by atoms with Gasteiger partial charge in [0.15, 0.2) is 0 Å². The van der Waals surface area contributed by atoms with Gasteiger partial charge in [0, 0.05) is 17.8 Å². The third-order valence-electron chi connectivity index (χ3n) is 3.21. The molecule has 4 heteroatoms. The molecular weight excluding hydrogens is 288 g/mol. The van der Waals surface area contributed by atoms with Gasteiger partial charge in [-0.15, -0.1) is 6.42 Å². The van der Waals surface area contributed by atoms with Crippen molar-refractivity contribution in [3.8, 4) is 18.1 Å². The van der Waals surface area contributed by atoms with E-state index in [1.165, 1.54) is 0 Å². The van der Waals surface area contributed by atoms with E-state index in [-0.39, 0.29) is 5.91 Å². The average Bonchev–Trinajstić information content (AvgIpc) is 2.55. The van der Waals surface area contributed by atoms with E-state index in [0.29, 0.717) is 23.6 Å². The standard InChI is InChI=1S/C19H20N2O2/c1-4-15-8-7-9-16(14-15)20-19(22)17-10-5-6-11-18(17)23-13-12-21(2)3/h1,5-11,14H,12-13H2,2-3H3,(H,20,22). The summed E-state index contributed by atoms with van der Waals surface area (Å²) in [7, 11) is 3.95. The van der Waals surface area contributed by atoms with Crippen molar-refractivity contribution in [2.45, 2.75) is 0 Å². The molecule has 0 radical (unpaired) electrons. The zero-order valence-corrected chi connectivity index (χ0v) is 13.4. The normalized spacial score (nSPS) is 10.2. The first-order valence-electron chi connectivity index (χ1n) is 7.34. The SMILES string of the molecule is C#Cc1cccc(NC(=O)c2ccccc2OCCN(C)C)c1. The molecule has 2 aromatic rings. The van der Waals surface area contributed by atoms with Gasteiger partial charge in [-0.2, -0.15) is 0 Å². The summed E-state index contributed by atoms with van der Waals surface area (Å²) < 4.78 is 5.72. The van der Waals surface area contributed by atoms with Crippen LogP contribution in [0.25, 0.3) is 0 Å². The fourth-order valence-electron chi connectivity index (χ4n) is 2.00. The lowest BCUT2D eigenvalue weighted by Crippen LogP contribution is -2.20. The molecule has 0 unspecified atom stereocenters. The molecule has 0 aliphatic heterocycles. The van der Waals surface area contributed by atoms with Crippen LogP contribution in [-0.4, -0.2) is 38.1 Å². The number of rotatable bonds is 6. The number of amides is 1. The Kier molecular flexibility index (Phi) is 5.79. The Morgan fingerprint density at radius 3 is 2.74 bits per heavy atom. The van der Waals surface area contributed by atoms with Gasteiger partial charge in [0.25, 0.3) is 5.91 Å². The maximum atomic E-state index is 12.5. The highest BCUT2D eigenvalue weighted by atomic mass is 16.5. The van der Waals surface area contributed by atoms with Crippen molar-refractivity contribution in [3.63, 3.8) is 0 Å². The molecule has 0 spiro atoms. The highest BCUT2D eigenvalue weighted by molar-refractivity contribution is 6.06. The Labute approximate surface area is 137 Å². The van der Waals surface area contributed by atoms with Crippen molar-refractivity contribution in [1.82, 2.24) is 4.90 Å². The number of likely N-dealkylation sites (N-methyl/N-ethyl adjacent to an activating group) is 1. The number of nitrogens with zero attached hydrogens (tertiary/aromatic N) is 1. The van der Waals surface area contributed by atoms with Crippen LogP contribution < -0.4 is 10.1 Å². The Hall–Kier alpha value is -2.77. The first-order valence-corrected chi connectivity index (χ1v) is 7.34. The van der Waals surface area contributed by atoms with Crippen molar-refractivity contribution in [2.75, 3.05) is 32.6 Å². The van der Waals surface area contributed by atoms with Crippen LogP contribution >= 0.6 is 0 Å². The van der Waals surface area contributed by atoms with Crippen LogP contribution in [0.15, 0.2) is 48.5 Å². The molecule has 0 bridgehead atoms. The van der Waals surface area contributed by atoms with Gasteiger partial charge in [0.1, 0.15) is 12.4 Å². The van der Waals surface area contributed by atoms with Crippen molar-refractivity contribution < 1.29 is 9.53 Å². The zero-order valence-electron chi connectivity index (χ0n) is 13.4. The van der Waals surface area contributed by atoms with Crippen LogP contribution in [0.3, 0.4) is 0 Å². The lowest BCUT2D eigenvalue weighted by atomic mass is 10.1. The van der Waals surface area contributed by atoms with Crippen molar-refractivity contribution in [3.05, 3.63) is 59.7 Å². The van der Waals surface area contributed by atoms with Gasteiger partial charge in [0.05, 0.1) is 5.56 Å². The van der Waals surface area contributed by atoms with Crippen LogP contribution in [0.2, 0.25) is 0 Å². The quantitative estimate of drug-likeness (QED) is 0.834. The lowest BCUT2D eigenvalue weighted by molar-refractivity contribution is 0.102. The van der Waals surface area contributed by atoms with Gasteiger partial charge in [-0.05, 0) is 44.4 Å². The highest BCUT2D eigenvalue weighted by Crippen LogP contribution is 2.20. The third-order valence-corrected chi connectivity index (χ3v) is 3.21. The number of anilines is 1. The Balaban J connectivity index is 2.11. The molecule has 2 aromatic carbocycles. The van der Waals surface area contributed by atoms with Crippen LogP contribution in [-0.2, 0) is 0 Å². The van der Waals surface area contributed by atoms with Crippen LogP contribution in [0.4, 0.5) is 5.69 Å². The van der Waals surface area contributed by atoms with Gasteiger partial charge >= 0.3 is 0 Å². The molecule has 1 N–H and O–H groups in total. The van der Waals surface area contributed by atoms with E-state index in [1.54, 1.807) is 24.3 Å². The number of ether oxygens (including phenoxy) is 1. The predicted molar refractivity (Wildman–Crippen MR) is 92.8 cm³/mol. The zero-order chi connectivity index (χ0) is 16.7. The molecule has 0 saturated carbocycles. The fourth-order valence-corrected chi connectivity index (χ4v) is 2.00. The summed E-state index contributed by atoms with van der Waals surface area (Å²) in [5.41, 5.74) is 1.88. The lowest BCUT2D eigenvalue weighted by Gasteiger charge is -2.14. The maximum Gasteiger partial charge on any atom is 0.259 e. The van der Waals surface area contributed by atoms with Crippen molar-refractivity contribution >= 4 is 11.6 Å². The Morgan fingerprint density at radius 2 is 2.00 bits per heavy atom. The highest BCUT2D eigenvalue weighted by Gasteiger charge is 2.12. The Morgan fingerprint density at radius 1 is 1.22 bits per heavy atom. The van der Waals surface area contributed by atoms with Crippen molar-refractivity contribution in [1.29, 1.82) is 0 Å². The van der Waals surface area contributed by atoms with E-state index >= 15 is 0 Å². The summed E-state index contributed by atoms with van der Waals surface area (Å²) in [6.45, 7) is 1.30. The molecule has 23 heavy (non-hydrogen) atoms. The maximum absolute atomic E-state index is 12.5. The number of para-hydroxylation sites is 1. The predicted octanol–water partition coefficient (Wildman–Crippen LogP) is 2.86. The van der Waals surface area contributed by atoms with E-state index < -0.39 is 0 Å². The number of terminal acetylenes is 1. The van der Waals surface area contributed by atoms with Gasteiger partial charge in [-0.1, -0.05) is 24.1 Å². The molecule has 0 saturated heterocycles. The molecule has 0 heterocycles. The van der Waals surface area contributed by atoms with Gasteiger partial charge in [0.2, 0.25) is 0 Å². The second kappa shape index (κ2) is 8.02. The molecule has 2 rings (SSSR count). The van der Waals surface area contributed by atoms with E-state index in [2.05, 4.69) is 11.2 Å². The van der Waals surface area contributed by atoms with Crippen LogP contribution in [0.5, 0.6) is 5.75 Å². The van der Waals surface area contributed by atoms with Gasteiger partial charge in [-0.25, -0.2) is 0 Å². The van der Waals surface area contributed by atoms with E-state index in [9.17, 15) is 4.79 Å². The van der Waals surface area contributed by atoms with Crippen LogP contribution in [0.1, 0.15) is 15.9 Å². The minimum atomic E-state index is -0.223. The summed E-state index contributed by atoms with van der Waals surface area (Å²) in [6.07, 6.45) is 5.38. The molecule has 0 aromatic heterocycles. The molecular formula is C19H20N2O2. The minimum Gasteiger partial charge on any atom is -0.491 e. The summed E-state index contributed by atoms with van der Waals surface area (Å²) >= 11 is 0. The average molecular weight is 308 g/mol. The molecule has 118 valence electrons. The molecule has 0 atom stereocenters. The number of benzene rings is 2. The molecule has 0 fully saturated rings. The summed E-state index contributed by atoms with van der Waals surface area (Å²) in [4.78, 5) is 14.5. The summed E-state index contributed by atoms with van der Waals surface area (Å²) in [5, 5.41) is 2.85. The number of carbonyl (C=O) groups is 1. The van der Waals surface area contributed by atoms with E-state index in [4.69, 9.17) is 11.2 Å². The van der Waals surface area contributed by atoms with Gasteiger partial charge in [-0.3, -0.25) is 4.79 Å².